The topological polar surface area (TPSA) is 63.2 Å². The molecule has 24 heavy (non-hydrogen) atoms. The van der Waals surface area contributed by atoms with Gasteiger partial charge >= 0.3 is 5.97 Å². The van der Waals surface area contributed by atoms with Gasteiger partial charge < -0.3 is 15.4 Å². The van der Waals surface area contributed by atoms with E-state index in [1.54, 1.807) is 0 Å². The molecule has 0 amide bonds. The van der Waals surface area contributed by atoms with Crippen molar-refractivity contribution in [2.45, 2.75) is 64.0 Å². The van der Waals surface area contributed by atoms with E-state index in [2.05, 4.69) is 27.3 Å². The van der Waals surface area contributed by atoms with Crippen LogP contribution in [0.3, 0.4) is 0 Å². The predicted octanol–water partition coefficient (Wildman–Crippen LogP) is 3.51. The van der Waals surface area contributed by atoms with E-state index in [-0.39, 0.29) is 5.56 Å². The Labute approximate surface area is 143 Å². The highest BCUT2D eigenvalue weighted by molar-refractivity contribution is 5.94. The van der Waals surface area contributed by atoms with Crippen molar-refractivity contribution in [2.75, 3.05) is 19.0 Å². The Morgan fingerprint density at radius 2 is 2.17 bits per heavy atom. The standard InChI is InChI=1S/C18H28FN3O2/c1-3-14(22-15-7-5-4-6-8-15)9-10-20-17-16(18(23)24-2)11-13(19)12-21-17/h11-12,14-15,22H,3-10H2,1-2H3,(H,20,21). The lowest BCUT2D eigenvalue weighted by Crippen LogP contribution is -2.40. The van der Waals surface area contributed by atoms with Crippen LogP contribution in [0.2, 0.25) is 0 Å². The number of rotatable bonds is 8. The molecule has 1 aliphatic carbocycles. The number of methoxy groups -OCH3 is 1. The van der Waals surface area contributed by atoms with Gasteiger partial charge in [0, 0.05) is 18.6 Å². The molecule has 0 radical (unpaired) electrons. The number of hydrogen-bond acceptors (Lipinski definition) is 5. The van der Waals surface area contributed by atoms with Crippen LogP contribution in [0.15, 0.2) is 12.3 Å². The Morgan fingerprint density at radius 3 is 2.83 bits per heavy atom. The van der Waals surface area contributed by atoms with Crippen LogP contribution in [-0.4, -0.2) is 36.7 Å². The molecule has 0 aromatic carbocycles. The maximum atomic E-state index is 13.3. The van der Waals surface area contributed by atoms with Gasteiger partial charge in [-0.1, -0.05) is 26.2 Å². The second kappa shape index (κ2) is 9.57. The summed E-state index contributed by atoms with van der Waals surface area (Å²) in [6.07, 6.45) is 9.58. The molecule has 0 spiro atoms. The molecule has 2 rings (SSSR count). The first kappa shape index (κ1) is 18.6. The highest BCUT2D eigenvalue weighted by Crippen LogP contribution is 2.19. The zero-order valence-electron chi connectivity index (χ0n) is 14.6. The van der Waals surface area contributed by atoms with Crippen LogP contribution in [0, 0.1) is 5.82 Å². The van der Waals surface area contributed by atoms with E-state index in [0.717, 1.165) is 25.1 Å². The summed E-state index contributed by atoms with van der Waals surface area (Å²) < 4.78 is 18.0. The largest absolute Gasteiger partial charge is 0.465 e. The Hall–Kier alpha value is -1.69. The van der Waals surface area contributed by atoms with Gasteiger partial charge in [0.2, 0.25) is 0 Å². The van der Waals surface area contributed by atoms with E-state index in [1.807, 2.05) is 0 Å². The van der Waals surface area contributed by atoms with Crippen LogP contribution in [0.25, 0.3) is 0 Å². The summed E-state index contributed by atoms with van der Waals surface area (Å²) >= 11 is 0. The van der Waals surface area contributed by atoms with Crippen LogP contribution in [0.4, 0.5) is 10.2 Å². The summed E-state index contributed by atoms with van der Waals surface area (Å²) in [5.74, 6) is -0.765. The third-order valence-corrected chi connectivity index (χ3v) is 4.61. The maximum Gasteiger partial charge on any atom is 0.341 e. The minimum Gasteiger partial charge on any atom is -0.465 e. The number of hydrogen-bond donors (Lipinski definition) is 2. The van der Waals surface area contributed by atoms with Crippen molar-refractivity contribution in [3.05, 3.63) is 23.6 Å². The van der Waals surface area contributed by atoms with E-state index in [1.165, 1.54) is 39.2 Å². The number of halogens is 1. The highest BCUT2D eigenvalue weighted by atomic mass is 19.1. The Kier molecular flexibility index (Phi) is 7.43. The summed E-state index contributed by atoms with van der Waals surface area (Å²) in [6, 6.07) is 2.21. The summed E-state index contributed by atoms with van der Waals surface area (Å²) in [7, 11) is 1.28. The number of ether oxygens (including phenoxy) is 1. The molecule has 0 saturated heterocycles. The van der Waals surface area contributed by atoms with Gasteiger partial charge in [-0.2, -0.15) is 0 Å². The summed E-state index contributed by atoms with van der Waals surface area (Å²) in [6.45, 7) is 2.84. The number of nitrogens with one attached hydrogen (secondary N) is 2. The van der Waals surface area contributed by atoms with Crippen molar-refractivity contribution in [3.8, 4) is 0 Å². The molecule has 6 heteroatoms. The van der Waals surface area contributed by atoms with E-state index in [0.29, 0.717) is 24.4 Å². The quantitative estimate of drug-likeness (QED) is 0.711. The molecule has 1 aromatic heterocycles. The molecule has 2 N–H and O–H groups in total. The number of esters is 1. The van der Waals surface area contributed by atoms with Crippen molar-refractivity contribution in [3.63, 3.8) is 0 Å². The molecule has 1 fully saturated rings. The molecule has 1 atom stereocenters. The SMILES string of the molecule is CCC(CCNc1ncc(F)cc1C(=O)OC)NC1CCCCC1. The molecule has 1 heterocycles. The van der Waals surface area contributed by atoms with Crippen molar-refractivity contribution >= 4 is 11.8 Å². The lowest BCUT2D eigenvalue weighted by molar-refractivity contribution is 0.0601. The third kappa shape index (κ3) is 5.44. The number of anilines is 1. The van der Waals surface area contributed by atoms with Crippen molar-refractivity contribution in [2.24, 2.45) is 0 Å². The van der Waals surface area contributed by atoms with E-state index >= 15 is 0 Å². The zero-order chi connectivity index (χ0) is 17.4. The average molecular weight is 337 g/mol. The van der Waals surface area contributed by atoms with Crippen molar-refractivity contribution in [1.82, 2.24) is 10.3 Å². The average Bonchev–Trinajstić information content (AvgIpc) is 2.62. The molecule has 0 aliphatic heterocycles. The van der Waals surface area contributed by atoms with Gasteiger partial charge in [-0.25, -0.2) is 14.2 Å². The molecular weight excluding hydrogens is 309 g/mol. The molecule has 0 bridgehead atoms. The van der Waals surface area contributed by atoms with Gasteiger partial charge in [0.15, 0.2) is 0 Å². The molecule has 1 aliphatic rings. The van der Waals surface area contributed by atoms with Crippen molar-refractivity contribution in [1.29, 1.82) is 0 Å². The fraction of sp³-hybridized carbons (Fsp3) is 0.667. The Balaban J connectivity index is 1.86. The number of aromatic nitrogens is 1. The molecule has 5 nitrogen and oxygen atoms in total. The summed E-state index contributed by atoms with van der Waals surface area (Å²) in [5, 5.41) is 6.88. The normalized spacial score (nSPS) is 16.6. The van der Waals surface area contributed by atoms with Crippen molar-refractivity contribution < 1.29 is 13.9 Å². The smallest absolute Gasteiger partial charge is 0.341 e. The Bertz CT molecular complexity index is 533. The van der Waals surface area contributed by atoms with Gasteiger partial charge in [-0.3, -0.25) is 0 Å². The van der Waals surface area contributed by atoms with Crippen LogP contribution < -0.4 is 10.6 Å². The predicted molar refractivity (Wildman–Crippen MR) is 92.7 cm³/mol. The number of carbonyl (C=O) groups is 1. The van der Waals surface area contributed by atoms with E-state index in [9.17, 15) is 9.18 Å². The Morgan fingerprint density at radius 1 is 1.42 bits per heavy atom. The zero-order valence-corrected chi connectivity index (χ0v) is 14.6. The fourth-order valence-corrected chi connectivity index (χ4v) is 3.22. The minimum absolute atomic E-state index is 0.130. The van der Waals surface area contributed by atoms with E-state index in [4.69, 9.17) is 0 Å². The van der Waals surface area contributed by atoms with Gasteiger partial charge in [-0.15, -0.1) is 0 Å². The van der Waals surface area contributed by atoms with Crippen LogP contribution in [-0.2, 0) is 4.74 Å². The van der Waals surface area contributed by atoms with Gasteiger partial charge in [0.1, 0.15) is 17.2 Å². The molecule has 1 saturated carbocycles. The first-order chi connectivity index (χ1) is 11.6. The van der Waals surface area contributed by atoms with Crippen LogP contribution >= 0.6 is 0 Å². The van der Waals surface area contributed by atoms with Gasteiger partial charge in [0.25, 0.3) is 0 Å². The van der Waals surface area contributed by atoms with Gasteiger partial charge in [-0.05, 0) is 31.7 Å². The summed E-state index contributed by atoms with van der Waals surface area (Å²) in [4.78, 5) is 15.7. The molecule has 1 aromatic rings. The second-order valence-corrected chi connectivity index (χ2v) is 6.36. The lowest BCUT2D eigenvalue weighted by atomic mass is 9.94. The lowest BCUT2D eigenvalue weighted by Gasteiger charge is -2.28. The fourth-order valence-electron chi connectivity index (χ4n) is 3.22. The van der Waals surface area contributed by atoms with Gasteiger partial charge in [0.05, 0.1) is 13.3 Å². The highest BCUT2D eigenvalue weighted by Gasteiger charge is 2.18. The third-order valence-electron chi connectivity index (χ3n) is 4.61. The summed E-state index contributed by atoms with van der Waals surface area (Å²) in [5.41, 5.74) is 0.130. The number of pyridine rings is 1. The van der Waals surface area contributed by atoms with Crippen LogP contribution in [0.1, 0.15) is 62.2 Å². The first-order valence-corrected chi connectivity index (χ1v) is 8.87. The first-order valence-electron chi connectivity index (χ1n) is 8.87. The molecular formula is C18H28FN3O2. The monoisotopic (exact) mass is 337 g/mol. The minimum atomic E-state index is -0.586. The van der Waals surface area contributed by atoms with E-state index < -0.39 is 11.8 Å². The molecule has 134 valence electrons. The second-order valence-electron chi connectivity index (χ2n) is 6.36. The van der Waals surface area contributed by atoms with Crippen LogP contribution in [0.5, 0.6) is 0 Å². The maximum absolute atomic E-state index is 13.3. The molecule has 1 unspecified atom stereocenters. The number of carbonyl (C=O) groups excluding carboxylic acids is 1. The number of nitrogens with zero attached hydrogens (tertiary/aromatic N) is 1.